The number of carbonyl (C=O) groups excluding carboxylic acids is 2. The number of aromatic nitrogens is 1. The molecule has 2 aromatic carbocycles. The molecule has 5 nitrogen and oxygen atoms in total. The van der Waals surface area contributed by atoms with E-state index in [1.54, 1.807) is 0 Å². The van der Waals surface area contributed by atoms with Gasteiger partial charge in [0.15, 0.2) is 0 Å². The van der Waals surface area contributed by atoms with E-state index in [9.17, 15) is 9.59 Å². The number of thiazole rings is 1. The van der Waals surface area contributed by atoms with Gasteiger partial charge in [-0.2, -0.15) is 0 Å². The van der Waals surface area contributed by atoms with E-state index in [0.29, 0.717) is 22.1 Å². The van der Waals surface area contributed by atoms with E-state index in [4.69, 9.17) is 4.74 Å². The molecule has 2 heterocycles. The SMILES string of the molecule is Cc1ccc(-c2ccsc2C(=O)OCc2csc(CC(=O)NCc3ccccc3)n2)cc1. The second-order valence-electron chi connectivity index (χ2n) is 7.28. The van der Waals surface area contributed by atoms with E-state index in [0.717, 1.165) is 16.7 Å². The predicted octanol–water partition coefficient (Wildman–Crippen LogP) is 5.40. The zero-order valence-corrected chi connectivity index (χ0v) is 19.2. The van der Waals surface area contributed by atoms with Crippen molar-refractivity contribution >= 4 is 34.6 Å². The van der Waals surface area contributed by atoms with E-state index in [1.165, 1.54) is 28.2 Å². The van der Waals surface area contributed by atoms with Gasteiger partial charge in [-0.15, -0.1) is 22.7 Å². The van der Waals surface area contributed by atoms with E-state index >= 15 is 0 Å². The Balaban J connectivity index is 1.30. The first kappa shape index (κ1) is 21.9. The zero-order valence-electron chi connectivity index (χ0n) is 17.5. The second kappa shape index (κ2) is 10.3. The predicted molar refractivity (Wildman–Crippen MR) is 128 cm³/mol. The van der Waals surface area contributed by atoms with Crippen molar-refractivity contribution in [3.8, 4) is 11.1 Å². The minimum absolute atomic E-state index is 0.0756. The highest BCUT2D eigenvalue weighted by Gasteiger charge is 2.17. The summed E-state index contributed by atoms with van der Waals surface area (Å²) in [5.74, 6) is -0.459. The maximum absolute atomic E-state index is 12.6. The molecule has 7 heteroatoms. The van der Waals surface area contributed by atoms with Crippen LogP contribution >= 0.6 is 22.7 Å². The van der Waals surface area contributed by atoms with E-state index in [-0.39, 0.29) is 24.9 Å². The van der Waals surface area contributed by atoms with Gasteiger partial charge in [0.2, 0.25) is 5.91 Å². The molecule has 0 radical (unpaired) electrons. The molecular formula is C25H22N2O3S2. The lowest BCUT2D eigenvalue weighted by Crippen LogP contribution is -2.24. The smallest absolute Gasteiger partial charge is 0.349 e. The summed E-state index contributed by atoms with van der Waals surface area (Å²) < 4.78 is 5.50. The van der Waals surface area contributed by atoms with Gasteiger partial charge in [0.25, 0.3) is 0 Å². The Morgan fingerprint density at radius 1 is 1.00 bits per heavy atom. The van der Waals surface area contributed by atoms with Crippen LogP contribution in [0.5, 0.6) is 0 Å². The average molecular weight is 463 g/mol. The molecule has 2 aromatic heterocycles. The summed E-state index contributed by atoms with van der Waals surface area (Å²) in [5, 5.41) is 7.30. The summed E-state index contributed by atoms with van der Waals surface area (Å²) in [4.78, 5) is 29.8. The molecule has 0 saturated carbocycles. The Kier molecular flexibility index (Phi) is 7.09. The fourth-order valence-electron chi connectivity index (χ4n) is 3.13. The largest absolute Gasteiger partial charge is 0.455 e. The number of nitrogens with one attached hydrogen (secondary N) is 1. The molecule has 0 aliphatic heterocycles. The van der Waals surface area contributed by atoms with E-state index < -0.39 is 0 Å². The van der Waals surface area contributed by atoms with Crippen LogP contribution in [-0.2, 0) is 29.1 Å². The summed E-state index contributed by atoms with van der Waals surface area (Å²) in [7, 11) is 0. The number of ether oxygens (including phenoxy) is 1. The first-order valence-corrected chi connectivity index (χ1v) is 11.9. The number of carbonyl (C=O) groups is 2. The van der Waals surface area contributed by atoms with Gasteiger partial charge in [0, 0.05) is 17.5 Å². The molecule has 0 spiro atoms. The highest BCUT2D eigenvalue weighted by Crippen LogP contribution is 2.29. The molecule has 0 bridgehead atoms. The molecule has 4 aromatic rings. The number of nitrogens with zero attached hydrogens (tertiary/aromatic N) is 1. The number of thiophene rings is 1. The van der Waals surface area contributed by atoms with Gasteiger partial charge >= 0.3 is 5.97 Å². The number of hydrogen-bond acceptors (Lipinski definition) is 6. The second-order valence-corrected chi connectivity index (χ2v) is 9.14. The first-order chi connectivity index (χ1) is 15.6. The summed E-state index contributed by atoms with van der Waals surface area (Å²) in [5.41, 5.74) is 4.71. The van der Waals surface area contributed by atoms with E-state index in [2.05, 4.69) is 10.3 Å². The van der Waals surface area contributed by atoms with Crippen molar-refractivity contribution in [3.05, 3.63) is 98.1 Å². The topological polar surface area (TPSA) is 68.3 Å². The monoisotopic (exact) mass is 462 g/mol. The van der Waals surface area contributed by atoms with Crippen molar-refractivity contribution in [1.29, 1.82) is 0 Å². The average Bonchev–Trinajstić information content (AvgIpc) is 3.47. The van der Waals surface area contributed by atoms with Crippen molar-refractivity contribution in [3.63, 3.8) is 0 Å². The highest BCUT2D eigenvalue weighted by molar-refractivity contribution is 7.12. The number of hydrogen-bond donors (Lipinski definition) is 1. The Hall–Kier alpha value is -3.29. The van der Waals surface area contributed by atoms with Gasteiger partial charge in [0.05, 0.1) is 12.1 Å². The molecule has 0 fully saturated rings. The Bertz CT molecular complexity index is 1200. The third-order valence-corrected chi connectivity index (χ3v) is 6.60. The molecule has 0 unspecified atom stereocenters. The Morgan fingerprint density at radius 3 is 2.56 bits per heavy atom. The minimum atomic E-state index is -0.370. The Labute approximate surface area is 194 Å². The van der Waals surface area contributed by atoms with Gasteiger partial charge < -0.3 is 10.1 Å². The minimum Gasteiger partial charge on any atom is -0.455 e. The van der Waals surface area contributed by atoms with Crippen molar-refractivity contribution in [2.75, 3.05) is 0 Å². The van der Waals surface area contributed by atoms with Crippen LogP contribution in [-0.4, -0.2) is 16.9 Å². The van der Waals surface area contributed by atoms with Crippen molar-refractivity contribution in [2.24, 2.45) is 0 Å². The molecule has 1 N–H and O–H groups in total. The third-order valence-electron chi connectivity index (χ3n) is 4.81. The summed E-state index contributed by atoms with van der Waals surface area (Å²) in [6.45, 7) is 2.59. The van der Waals surface area contributed by atoms with Gasteiger partial charge in [-0.25, -0.2) is 9.78 Å². The normalized spacial score (nSPS) is 10.7. The van der Waals surface area contributed by atoms with Gasteiger partial charge in [0.1, 0.15) is 16.5 Å². The number of amides is 1. The van der Waals surface area contributed by atoms with Gasteiger partial charge in [-0.05, 0) is 29.5 Å². The Morgan fingerprint density at radius 2 is 1.78 bits per heavy atom. The summed E-state index contributed by atoms with van der Waals surface area (Å²) >= 11 is 2.75. The van der Waals surface area contributed by atoms with Crippen LogP contribution in [0.25, 0.3) is 11.1 Å². The zero-order chi connectivity index (χ0) is 22.3. The molecule has 1 amide bonds. The third kappa shape index (κ3) is 5.69. The van der Waals surface area contributed by atoms with Crippen molar-refractivity contribution in [1.82, 2.24) is 10.3 Å². The summed E-state index contributed by atoms with van der Waals surface area (Å²) in [6, 6.07) is 19.7. The van der Waals surface area contributed by atoms with E-state index in [1.807, 2.05) is 78.3 Å². The molecule has 32 heavy (non-hydrogen) atoms. The lowest BCUT2D eigenvalue weighted by molar-refractivity contribution is -0.120. The lowest BCUT2D eigenvalue weighted by Gasteiger charge is -2.05. The van der Waals surface area contributed by atoms with Crippen LogP contribution in [0.3, 0.4) is 0 Å². The van der Waals surface area contributed by atoms with Crippen LogP contribution in [0.15, 0.2) is 71.4 Å². The van der Waals surface area contributed by atoms with Crippen LogP contribution in [0.1, 0.15) is 31.5 Å². The molecular weight excluding hydrogens is 440 g/mol. The number of rotatable bonds is 8. The van der Waals surface area contributed by atoms with Crippen molar-refractivity contribution < 1.29 is 14.3 Å². The fraction of sp³-hybridized carbons (Fsp3) is 0.160. The van der Waals surface area contributed by atoms with Crippen molar-refractivity contribution in [2.45, 2.75) is 26.5 Å². The lowest BCUT2D eigenvalue weighted by atomic mass is 10.1. The van der Waals surface area contributed by atoms with Gasteiger partial charge in [-0.3, -0.25) is 4.79 Å². The molecule has 0 aliphatic carbocycles. The quantitative estimate of drug-likeness (QED) is 0.356. The molecule has 0 saturated heterocycles. The maximum atomic E-state index is 12.6. The molecule has 4 rings (SSSR count). The van der Waals surface area contributed by atoms with Gasteiger partial charge in [-0.1, -0.05) is 60.2 Å². The highest BCUT2D eigenvalue weighted by atomic mass is 32.1. The molecule has 162 valence electrons. The number of aryl methyl sites for hydroxylation is 1. The molecule has 0 atom stereocenters. The maximum Gasteiger partial charge on any atom is 0.349 e. The van der Waals surface area contributed by atoms with Crippen LogP contribution in [0.2, 0.25) is 0 Å². The number of esters is 1. The fourth-order valence-corrected chi connectivity index (χ4v) is 4.71. The van der Waals surface area contributed by atoms with Crippen LogP contribution in [0.4, 0.5) is 0 Å². The first-order valence-electron chi connectivity index (χ1n) is 10.1. The van der Waals surface area contributed by atoms with Crippen LogP contribution in [0, 0.1) is 6.92 Å². The standard InChI is InChI=1S/C25H22N2O3S2/c1-17-7-9-19(10-8-17)21-11-12-31-24(21)25(29)30-15-20-16-32-23(27-20)13-22(28)26-14-18-5-3-2-4-6-18/h2-12,16H,13-15H2,1H3,(H,26,28). The molecule has 0 aliphatic rings. The summed E-state index contributed by atoms with van der Waals surface area (Å²) in [6.07, 6.45) is 0.202. The number of benzene rings is 2. The van der Waals surface area contributed by atoms with Crippen LogP contribution < -0.4 is 5.32 Å².